The molecule has 90 valence electrons. The first-order valence-corrected chi connectivity index (χ1v) is 4.80. The second kappa shape index (κ2) is 7.24. The van der Waals surface area contributed by atoms with E-state index < -0.39 is 11.9 Å². The summed E-state index contributed by atoms with van der Waals surface area (Å²) in [6.07, 6.45) is -0.142. The van der Waals surface area contributed by atoms with Crippen molar-refractivity contribution in [3.63, 3.8) is 0 Å². The van der Waals surface area contributed by atoms with Gasteiger partial charge in [0.05, 0.1) is 12.2 Å². The van der Waals surface area contributed by atoms with Crippen LogP contribution in [-0.2, 0) is 19.0 Å². The predicted octanol–water partition coefficient (Wildman–Crippen LogP) is 0.889. The molecule has 0 spiro atoms. The maximum Gasteiger partial charge on any atom is 0.326 e. The van der Waals surface area contributed by atoms with Gasteiger partial charge in [-0.2, -0.15) is 0 Å². The van der Waals surface area contributed by atoms with E-state index in [0.29, 0.717) is 0 Å². The van der Waals surface area contributed by atoms with Gasteiger partial charge in [0.1, 0.15) is 0 Å². The van der Waals surface area contributed by atoms with Crippen LogP contribution in [0.5, 0.6) is 0 Å². The lowest BCUT2D eigenvalue weighted by molar-refractivity contribution is -0.372. The third-order valence-corrected chi connectivity index (χ3v) is 1.23. The fourth-order valence-corrected chi connectivity index (χ4v) is 1.19. The molecule has 0 heterocycles. The van der Waals surface area contributed by atoms with Gasteiger partial charge in [0.25, 0.3) is 0 Å². The zero-order valence-corrected chi connectivity index (χ0v) is 9.79. The van der Waals surface area contributed by atoms with Crippen LogP contribution < -0.4 is 0 Å². The minimum atomic E-state index is -1.28. The summed E-state index contributed by atoms with van der Waals surface area (Å²) in [5.41, 5.74) is 0. The highest BCUT2D eigenvalue weighted by atomic mass is 27.0. The smallest absolute Gasteiger partial charge is 0.326 e. The molecule has 0 aromatic carbocycles. The van der Waals surface area contributed by atoms with E-state index in [0.717, 1.165) is 0 Å². The van der Waals surface area contributed by atoms with Gasteiger partial charge >= 0.3 is 11.9 Å². The SMILES string of the molecule is CC(=O)OC(C)(OC(C)C)OC(C)C.[AlH3]. The minimum absolute atomic E-state index is 0. The van der Waals surface area contributed by atoms with Crippen LogP contribution in [0, 0.1) is 0 Å². The number of carbonyl (C=O) groups is 1. The standard InChI is InChI=1S/C10H20O4.Al.3H/c1-7(2)12-10(6,13-8(3)4)14-9(5)11;;;;/h7-8H,1-6H3;;;;. The quantitative estimate of drug-likeness (QED) is 0.402. The van der Waals surface area contributed by atoms with Gasteiger partial charge in [-0.1, -0.05) is 0 Å². The van der Waals surface area contributed by atoms with Crippen molar-refractivity contribution in [2.75, 3.05) is 0 Å². The zero-order valence-electron chi connectivity index (χ0n) is 9.79. The Morgan fingerprint density at radius 1 is 1.07 bits per heavy atom. The van der Waals surface area contributed by atoms with Crippen LogP contribution in [0.15, 0.2) is 0 Å². The Hall–Kier alpha value is -0.0775. The Morgan fingerprint density at radius 2 is 1.40 bits per heavy atom. The number of ether oxygens (including phenoxy) is 3. The molecule has 0 atom stereocenters. The molecule has 0 unspecified atom stereocenters. The predicted molar refractivity (Wildman–Crippen MR) is 62.6 cm³/mol. The Bertz CT molecular complexity index is 182. The molecular weight excluding hydrogens is 211 g/mol. The molecule has 0 radical (unpaired) electrons. The van der Waals surface area contributed by atoms with Crippen molar-refractivity contribution in [1.82, 2.24) is 0 Å². The monoisotopic (exact) mass is 234 g/mol. The summed E-state index contributed by atoms with van der Waals surface area (Å²) in [4.78, 5) is 10.8. The van der Waals surface area contributed by atoms with Crippen LogP contribution >= 0.6 is 0 Å². The van der Waals surface area contributed by atoms with Crippen molar-refractivity contribution < 1.29 is 19.0 Å². The number of esters is 1. The van der Waals surface area contributed by atoms with E-state index in [1.807, 2.05) is 27.7 Å². The minimum Gasteiger partial charge on any atom is -0.408 e. The van der Waals surface area contributed by atoms with Crippen LogP contribution in [0.2, 0.25) is 0 Å². The Labute approximate surface area is 102 Å². The molecule has 0 amide bonds. The van der Waals surface area contributed by atoms with Crippen LogP contribution in [0.1, 0.15) is 41.5 Å². The lowest BCUT2D eigenvalue weighted by Crippen LogP contribution is -2.41. The maximum absolute atomic E-state index is 10.8. The van der Waals surface area contributed by atoms with E-state index >= 15 is 0 Å². The summed E-state index contributed by atoms with van der Waals surface area (Å²) in [5.74, 6) is -1.71. The van der Waals surface area contributed by atoms with Gasteiger partial charge in [0, 0.05) is 13.8 Å². The summed E-state index contributed by atoms with van der Waals surface area (Å²) >= 11 is 0. The molecule has 0 bridgehead atoms. The van der Waals surface area contributed by atoms with Crippen LogP contribution in [-0.4, -0.2) is 41.5 Å². The first-order valence-electron chi connectivity index (χ1n) is 4.80. The van der Waals surface area contributed by atoms with Crippen molar-refractivity contribution in [3.05, 3.63) is 0 Å². The molecular formula is C10H23AlO4. The number of rotatable bonds is 5. The van der Waals surface area contributed by atoms with E-state index in [1.54, 1.807) is 6.92 Å². The second-order valence-electron chi connectivity index (χ2n) is 3.79. The van der Waals surface area contributed by atoms with Gasteiger partial charge in [-0.25, -0.2) is 0 Å². The highest BCUT2D eigenvalue weighted by molar-refractivity contribution is 5.75. The summed E-state index contributed by atoms with van der Waals surface area (Å²) in [7, 11) is 0. The highest BCUT2D eigenvalue weighted by Gasteiger charge is 2.32. The average Bonchev–Trinajstić information content (AvgIpc) is 1.76. The summed E-state index contributed by atoms with van der Waals surface area (Å²) < 4.78 is 15.8. The van der Waals surface area contributed by atoms with E-state index in [2.05, 4.69) is 0 Å². The highest BCUT2D eigenvalue weighted by Crippen LogP contribution is 2.19. The molecule has 0 aliphatic rings. The van der Waals surface area contributed by atoms with Gasteiger partial charge in [-0.15, -0.1) is 0 Å². The first-order chi connectivity index (χ1) is 6.25. The molecule has 0 N–H and O–H groups in total. The van der Waals surface area contributed by atoms with Gasteiger partial charge in [-0.05, 0) is 27.7 Å². The van der Waals surface area contributed by atoms with Crippen molar-refractivity contribution in [3.8, 4) is 0 Å². The second-order valence-corrected chi connectivity index (χ2v) is 3.79. The van der Waals surface area contributed by atoms with Crippen molar-refractivity contribution in [1.29, 1.82) is 0 Å². The van der Waals surface area contributed by atoms with Crippen LogP contribution in [0.3, 0.4) is 0 Å². The van der Waals surface area contributed by atoms with Crippen molar-refractivity contribution in [2.24, 2.45) is 0 Å². The van der Waals surface area contributed by atoms with Crippen molar-refractivity contribution in [2.45, 2.75) is 59.7 Å². The van der Waals surface area contributed by atoms with Gasteiger partial charge < -0.3 is 14.2 Å². The Morgan fingerprint density at radius 3 is 1.60 bits per heavy atom. The molecule has 0 rings (SSSR count). The molecule has 5 heteroatoms. The van der Waals surface area contributed by atoms with Crippen LogP contribution in [0.25, 0.3) is 0 Å². The lowest BCUT2D eigenvalue weighted by atomic mass is 10.4. The molecule has 15 heavy (non-hydrogen) atoms. The number of hydrogen-bond donors (Lipinski definition) is 0. The zero-order chi connectivity index (χ0) is 11.4. The summed E-state index contributed by atoms with van der Waals surface area (Å²) in [6.45, 7) is 10.3. The Balaban J connectivity index is 0. The fourth-order valence-electron chi connectivity index (χ4n) is 1.19. The van der Waals surface area contributed by atoms with E-state index in [1.165, 1.54) is 6.92 Å². The van der Waals surface area contributed by atoms with E-state index in [9.17, 15) is 4.79 Å². The van der Waals surface area contributed by atoms with E-state index in [-0.39, 0.29) is 29.6 Å². The van der Waals surface area contributed by atoms with Gasteiger partial charge in [0.2, 0.25) is 0 Å². The average molecular weight is 234 g/mol. The van der Waals surface area contributed by atoms with E-state index in [4.69, 9.17) is 14.2 Å². The van der Waals surface area contributed by atoms with Crippen molar-refractivity contribution >= 4 is 23.3 Å². The topological polar surface area (TPSA) is 44.8 Å². The third-order valence-electron chi connectivity index (χ3n) is 1.23. The lowest BCUT2D eigenvalue weighted by Gasteiger charge is -2.31. The van der Waals surface area contributed by atoms with Gasteiger partial charge in [-0.3, -0.25) is 4.79 Å². The molecule has 0 aliphatic carbocycles. The normalized spacial score (nSPS) is 11.5. The molecule has 0 saturated carbocycles. The molecule has 0 fully saturated rings. The molecule has 0 saturated heterocycles. The Kier molecular flexibility index (Phi) is 8.36. The number of carbonyl (C=O) groups excluding carboxylic acids is 1. The molecule has 0 aliphatic heterocycles. The molecule has 0 aromatic rings. The first kappa shape index (κ1) is 17.3. The molecule has 4 nitrogen and oxygen atoms in total. The fraction of sp³-hybridized carbons (Fsp3) is 0.900. The number of hydrogen-bond acceptors (Lipinski definition) is 4. The summed E-state index contributed by atoms with van der Waals surface area (Å²) in [5, 5.41) is 0. The maximum atomic E-state index is 10.8. The summed E-state index contributed by atoms with van der Waals surface area (Å²) in [6, 6.07) is 0. The largest absolute Gasteiger partial charge is 0.408 e. The van der Waals surface area contributed by atoms with Crippen LogP contribution in [0.4, 0.5) is 0 Å². The van der Waals surface area contributed by atoms with Gasteiger partial charge in [0.15, 0.2) is 17.4 Å². The molecule has 0 aromatic heterocycles. The third kappa shape index (κ3) is 8.89.